The lowest BCUT2D eigenvalue weighted by Crippen LogP contribution is -2.09. The number of hydrogen-bond acceptors (Lipinski definition) is 3. The Balaban J connectivity index is 3.07. The van der Waals surface area contributed by atoms with Crippen molar-refractivity contribution in [2.75, 3.05) is 5.33 Å². The summed E-state index contributed by atoms with van der Waals surface area (Å²) in [5, 5.41) is 0.469. The van der Waals surface area contributed by atoms with E-state index in [-0.39, 0.29) is 28.4 Å². The Labute approximate surface area is 106 Å². The van der Waals surface area contributed by atoms with Crippen molar-refractivity contribution in [3.05, 3.63) is 23.8 Å². The van der Waals surface area contributed by atoms with Crippen molar-refractivity contribution in [1.82, 2.24) is 0 Å². The van der Waals surface area contributed by atoms with Crippen LogP contribution >= 0.6 is 28.6 Å². The number of thiol groups is 1. The van der Waals surface area contributed by atoms with Gasteiger partial charge in [0, 0.05) is 16.6 Å². The van der Waals surface area contributed by atoms with E-state index in [4.69, 9.17) is 0 Å². The quantitative estimate of drug-likeness (QED) is 0.511. The van der Waals surface area contributed by atoms with E-state index in [1.165, 1.54) is 12.1 Å². The van der Waals surface area contributed by atoms with Crippen LogP contribution in [0.1, 0.15) is 16.8 Å². The number of alkyl halides is 3. The van der Waals surface area contributed by atoms with Crippen LogP contribution in [0.2, 0.25) is 0 Å². The third-order valence-electron chi connectivity index (χ3n) is 1.82. The Bertz CT molecular complexity index is 385. The van der Waals surface area contributed by atoms with Gasteiger partial charge in [-0.2, -0.15) is 8.78 Å². The van der Waals surface area contributed by atoms with E-state index in [0.717, 1.165) is 0 Å². The molecule has 0 aromatic heterocycles. The zero-order valence-electron chi connectivity index (χ0n) is 8.12. The van der Waals surface area contributed by atoms with Crippen LogP contribution in [0.3, 0.4) is 0 Å². The summed E-state index contributed by atoms with van der Waals surface area (Å²) in [7, 11) is 0. The van der Waals surface area contributed by atoms with Crippen molar-refractivity contribution >= 4 is 34.3 Å². The number of para-hydroxylation sites is 1. The molecule has 0 fully saturated rings. The van der Waals surface area contributed by atoms with Crippen molar-refractivity contribution in [3.8, 4) is 5.75 Å². The zero-order valence-corrected chi connectivity index (χ0v) is 10.6. The second kappa shape index (κ2) is 6.20. The van der Waals surface area contributed by atoms with Gasteiger partial charge in [-0.1, -0.05) is 22.0 Å². The first-order valence-electron chi connectivity index (χ1n) is 4.42. The maximum atomic E-state index is 12.2. The van der Waals surface area contributed by atoms with Gasteiger partial charge in [-0.3, -0.25) is 4.79 Å². The lowest BCUT2D eigenvalue weighted by molar-refractivity contribution is -0.0519. The number of Topliss-reactive ketones (excluding diaryl/α,β-unsaturated/α-hetero) is 1. The second-order valence-electron chi connectivity index (χ2n) is 2.89. The van der Waals surface area contributed by atoms with Crippen LogP contribution < -0.4 is 4.74 Å². The number of carbonyl (C=O) groups excluding carboxylic acids is 1. The molecule has 16 heavy (non-hydrogen) atoms. The van der Waals surface area contributed by atoms with Gasteiger partial charge >= 0.3 is 6.61 Å². The van der Waals surface area contributed by atoms with E-state index in [0.29, 0.717) is 5.33 Å². The fraction of sp³-hybridized carbons (Fsp3) is 0.300. The van der Waals surface area contributed by atoms with Crippen molar-refractivity contribution in [1.29, 1.82) is 0 Å². The topological polar surface area (TPSA) is 26.3 Å². The average Bonchev–Trinajstić information content (AvgIpc) is 2.20. The van der Waals surface area contributed by atoms with Crippen molar-refractivity contribution in [3.63, 3.8) is 0 Å². The molecule has 0 N–H and O–H groups in total. The molecule has 0 saturated carbocycles. The van der Waals surface area contributed by atoms with Crippen LogP contribution in [0.15, 0.2) is 23.1 Å². The highest BCUT2D eigenvalue weighted by atomic mass is 79.9. The van der Waals surface area contributed by atoms with Gasteiger partial charge in [0.05, 0.1) is 5.56 Å². The van der Waals surface area contributed by atoms with Gasteiger partial charge in [0.15, 0.2) is 5.78 Å². The van der Waals surface area contributed by atoms with Gasteiger partial charge in [0.1, 0.15) is 5.75 Å². The van der Waals surface area contributed by atoms with E-state index in [1.54, 1.807) is 6.07 Å². The third-order valence-corrected chi connectivity index (χ3v) is 2.57. The predicted octanol–water partition coefficient (Wildman–Crippen LogP) is 3.54. The molecule has 0 atom stereocenters. The SMILES string of the molecule is O=C(CCBr)c1cccc(S)c1OC(F)F. The molecule has 0 radical (unpaired) electrons. The van der Waals surface area contributed by atoms with Gasteiger partial charge in [0.2, 0.25) is 0 Å². The summed E-state index contributed by atoms with van der Waals surface area (Å²) < 4.78 is 28.6. The van der Waals surface area contributed by atoms with Crippen molar-refractivity contribution in [2.45, 2.75) is 17.9 Å². The molecule has 0 spiro atoms. The van der Waals surface area contributed by atoms with E-state index in [1.807, 2.05) is 0 Å². The van der Waals surface area contributed by atoms with Crippen LogP contribution in [0.4, 0.5) is 8.78 Å². The fourth-order valence-electron chi connectivity index (χ4n) is 1.18. The van der Waals surface area contributed by atoms with E-state index in [9.17, 15) is 13.6 Å². The number of benzene rings is 1. The summed E-state index contributed by atoms with van der Waals surface area (Å²) in [4.78, 5) is 11.8. The molecule has 0 heterocycles. The Morgan fingerprint density at radius 2 is 2.19 bits per heavy atom. The molecule has 0 aliphatic heterocycles. The first-order chi connectivity index (χ1) is 7.56. The van der Waals surface area contributed by atoms with Gasteiger partial charge < -0.3 is 4.74 Å². The lowest BCUT2D eigenvalue weighted by Gasteiger charge is -2.11. The Morgan fingerprint density at radius 3 is 2.75 bits per heavy atom. The van der Waals surface area contributed by atoms with Crippen molar-refractivity contribution in [2.24, 2.45) is 0 Å². The molecule has 88 valence electrons. The standard InChI is InChI=1S/C10H9BrF2O2S/c11-5-4-7(14)6-2-1-3-8(16)9(6)15-10(12)13/h1-3,10,16H,4-5H2. The number of ketones is 1. The Hall–Kier alpha value is -0.620. The zero-order chi connectivity index (χ0) is 12.1. The molecule has 1 rings (SSSR count). The molecule has 0 saturated heterocycles. The van der Waals surface area contributed by atoms with Gasteiger partial charge in [0.25, 0.3) is 0 Å². The molecule has 0 aliphatic carbocycles. The van der Waals surface area contributed by atoms with Gasteiger partial charge in [-0.25, -0.2) is 0 Å². The van der Waals surface area contributed by atoms with E-state index < -0.39 is 6.61 Å². The summed E-state index contributed by atoms with van der Waals surface area (Å²) in [5.74, 6) is -0.421. The highest BCUT2D eigenvalue weighted by Gasteiger charge is 2.17. The molecule has 1 aromatic carbocycles. The Kier molecular flexibility index (Phi) is 5.21. The summed E-state index contributed by atoms with van der Waals surface area (Å²) in [6, 6.07) is 4.51. The molecule has 0 amide bonds. The smallest absolute Gasteiger partial charge is 0.387 e. The van der Waals surface area contributed by atoms with Crippen LogP contribution in [0.25, 0.3) is 0 Å². The molecule has 0 bridgehead atoms. The summed E-state index contributed by atoms with van der Waals surface area (Å²) in [6.45, 7) is -2.97. The third kappa shape index (κ3) is 3.45. The normalized spacial score (nSPS) is 10.6. The number of rotatable bonds is 5. The van der Waals surface area contributed by atoms with Crippen LogP contribution in [-0.2, 0) is 0 Å². The molecular formula is C10H9BrF2O2S. The Morgan fingerprint density at radius 1 is 1.50 bits per heavy atom. The summed E-state index contributed by atoms with van der Waals surface area (Å²) in [5.41, 5.74) is 0.132. The number of ether oxygens (including phenoxy) is 1. The average molecular weight is 311 g/mol. The fourth-order valence-corrected chi connectivity index (χ4v) is 1.80. The molecule has 1 aromatic rings. The molecule has 2 nitrogen and oxygen atoms in total. The second-order valence-corrected chi connectivity index (χ2v) is 4.17. The lowest BCUT2D eigenvalue weighted by atomic mass is 10.1. The minimum Gasteiger partial charge on any atom is -0.433 e. The first kappa shape index (κ1) is 13.4. The molecular weight excluding hydrogens is 302 g/mol. The van der Waals surface area contributed by atoms with E-state index in [2.05, 4.69) is 33.3 Å². The maximum absolute atomic E-state index is 12.2. The number of hydrogen-bond donors (Lipinski definition) is 1. The maximum Gasteiger partial charge on any atom is 0.387 e. The van der Waals surface area contributed by atoms with Crippen molar-refractivity contribution < 1.29 is 18.3 Å². The highest BCUT2D eigenvalue weighted by molar-refractivity contribution is 9.09. The van der Waals surface area contributed by atoms with Gasteiger partial charge in [-0.05, 0) is 12.1 Å². The largest absolute Gasteiger partial charge is 0.433 e. The van der Waals surface area contributed by atoms with E-state index >= 15 is 0 Å². The van der Waals surface area contributed by atoms with Gasteiger partial charge in [-0.15, -0.1) is 12.6 Å². The number of carbonyl (C=O) groups is 1. The predicted molar refractivity (Wildman–Crippen MR) is 63.1 cm³/mol. The van der Waals surface area contributed by atoms with Crippen LogP contribution in [0.5, 0.6) is 5.75 Å². The molecule has 6 heteroatoms. The molecule has 0 unspecified atom stereocenters. The first-order valence-corrected chi connectivity index (χ1v) is 5.99. The number of halogens is 3. The highest BCUT2D eigenvalue weighted by Crippen LogP contribution is 2.29. The van der Waals surface area contributed by atoms with Crippen LogP contribution in [0, 0.1) is 0 Å². The summed E-state index contributed by atoms with van der Waals surface area (Å²) >= 11 is 7.09. The monoisotopic (exact) mass is 310 g/mol. The minimum absolute atomic E-state index is 0.132. The summed E-state index contributed by atoms with van der Waals surface area (Å²) in [6.07, 6.45) is 0.219. The minimum atomic E-state index is -2.97. The van der Waals surface area contributed by atoms with Crippen LogP contribution in [-0.4, -0.2) is 17.7 Å². The molecule has 0 aliphatic rings.